The van der Waals surface area contributed by atoms with Crippen LogP contribution in [0.25, 0.3) is 0 Å². The largest absolute Gasteiger partial charge is 0.369 e. The molecule has 6 heteroatoms. The summed E-state index contributed by atoms with van der Waals surface area (Å²) in [6.45, 7) is 0.657. The van der Waals surface area contributed by atoms with E-state index in [-0.39, 0.29) is 17.8 Å². The minimum Gasteiger partial charge on any atom is -0.369 e. The maximum absolute atomic E-state index is 14.0. The lowest BCUT2D eigenvalue weighted by Gasteiger charge is -2.24. The average molecular weight is 324 g/mol. The van der Waals surface area contributed by atoms with E-state index in [2.05, 4.69) is 0 Å². The third-order valence-electron chi connectivity index (χ3n) is 4.06. The highest BCUT2D eigenvalue weighted by Crippen LogP contribution is 2.50. The van der Waals surface area contributed by atoms with E-state index in [1.165, 1.54) is 12.1 Å². The molecule has 0 aliphatic heterocycles. The van der Waals surface area contributed by atoms with Gasteiger partial charge in [-0.25, -0.2) is 8.78 Å². The predicted molar refractivity (Wildman–Crippen MR) is 83.5 cm³/mol. The van der Waals surface area contributed by atoms with Gasteiger partial charge in [-0.2, -0.15) is 0 Å². The summed E-state index contributed by atoms with van der Waals surface area (Å²) in [5, 5.41) is 0. The van der Waals surface area contributed by atoms with Crippen LogP contribution in [0.4, 0.5) is 8.78 Å². The highest BCUT2D eigenvalue weighted by molar-refractivity contribution is 5.79. The van der Waals surface area contributed by atoms with Gasteiger partial charge in [0.15, 0.2) is 0 Å². The van der Waals surface area contributed by atoms with Crippen LogP contribution >= 0.6 is 0 Å². The monoisotopic (exact) mass is 324 g/mol. The van der Waals surface area contributed by atoms with Crippen LogP contribution in [-0.2, 0) is 10.2 Å². The fourth-order valence-electron chi connectivity index (χ4n) is 2.74. The summed E-state index contributed by atoms with van der Waals surface area (Å²) >= 11 is 0. The number of primary amides is 1. The summed E-state index contributed by atoms with van der Waals surface area (Å²) < 4.78 is 25.1. The Morgan fingerprint density at radius 1 is 1.43 bits per heavy atom. The Labute approximate surface area is 134 Å². The number of benzene rings is 1. The zero-order valence-electron chi connectivity index (χ0n) is 13.2. The van der Waals surface area contributed by atoms with Gasteiger partial charge in [0, 0.05) is 23.1 Å². The number of hydrogen-bond donors (Lipinski definition) is 1. The fraction of sp³-hybridized carbons (Fsp3) is 0.529. The van der Waals surface area contributed by atoms with Gasteiger partial charge in [-0.05, 0) is 38.8 Å². The molecular formula is C17H22F2N2O2. The van der Waals surface area contributed by atoms with E-state index in [9.17, 15) is 18.4 Å². The van der Waals surface area contributed by atoms with Gasteiger partial charge in [0.1, 0.15) is 18.3 Å². The topological polar surface area (TPSA) is 63.4 Å². The molecule has 23 heavy (non-hydrogen) atoms. The van der Waals surface area contributed by atoms with Crippen LogP contribution in [0.1, 0.15) is 41.6 Å². The maximum atomic E-state index is 14.0. The molecule has 0 aromatic heterocycles. The number of carbonyl (C=O) groups excluding carboxylic acids is 2. The van der Waals surface area contributed by atoms with Crippen molar-refractivity contribution >= 4 is 12.2 Å². The third-order valence-corrected chi connectivity index (χ3v) is 4.06. The van der Waals surface area contributed by atoms with Crippen molar-refractivity contribution in [3.63, 3.8) is 0 Å². The first-order valence-corrected chi connectivity index (χ1v) is 7.73. The van der Waals surface area contributed by atoms with Gasteiger partial charge in [-0.3, -0.25) is 14.5 Å². The van der Waals surface area contributed by atoms with Crippen LogP contribution in [-0.4, -0.2) is 43.4 Å². The van der Waals surface area contributed by atoms with Crippen molar-refractivity contribution in [2.75, 3.05) is 20.1 Å². The van der Waals surface area contributed by atoms with Crippen LogP contribution in [0.2, 0.25) is 0 Å². The second kappa shape index (κ2) is 7.17. The zero-order chi connectivity index (χ0) is 17.0. The molecule has 2 aliphatic carbocycles. The molecular weight excluding hydrogens is 302 g/mol. The summed E-state index contributed by atoms with van der Waals surface area (Å²) in [5.74, 6) is -0.767. The van der Waals surface area contributed by atoms with Crippen LogP contribution in [0.3, 0.4) is 0 Å². The van der Waals surface area contributed by atoms with Crippen molar-refractivity contribution in [1.29, 1.82) is 0 Å². The molecule has 4 nitrogen and oxygen atoms in total. The molecule has 0 unspecified atom stereocenters. The number of aldehydes is 1. The van der Waals surface area contributed by atoms with Crippen molar-refractivity contribution < 1.29 is 18.4 Å². The van der Waals surface area contributed by atoms with Gasteiger partial charge in [-0.15, -0.1) is 0 Å². The molecule has 2 N–H and O–H groups in total. The molecule has 3 rings (SSSR count). The lowest BCUT2D eigenvalue weighted by molar-refractivity contribution is -0.118. The summed E-state index contributed by atoms with van der Waals surface area (Å²) in [7, 11) is 1.77. The Morgan fingerprint density at radius 3 is 2.48 bits per heavy atom. The highest BCUT2D eigenvalue weighted by Gasteiger charge is 2.47. The van der Waals surface area contributed by atoms with E-state index >= 15 is 0 Å². The normalized spacial score (nSPS) is 18.1. The first kappa shape index (κ1) is 17.5. The van der Waals surface area contributed by atoms with Gasteiger partial charge in [-0.1, -0.05) is 12.1 Å². The van der Waals surface area contributed by atoms with Crippen LogP contribution in [0.5, 0.6) is 0 Å². The molecule has 1 aromatic rings. The van der Waals surface area contributed by atoms with E-state index in [1.807, 2.05) is 0 Å². The summed E-state index contributed by atoms with van der Waals surface area (Å²) in [6, 6.07) is 4.53. The first-order chi connectivity index (χ1) is 10.9. The van der Waals surface area contributed by atoms with Crippen molar-refractivity contribution in [3.05, 3.63) is 35.1 Å². The predicted octanol–water partition coefficient (Wildman–Crippen LogP) is 2.21. The molecule has 1 amide bonds. The molecule has 0 radical (unpaired) electrons. The minimum absolute atomic E-state index is 0.132. The van der Waals surface area contributed by atoms with Gasteiger partial charge < -0.3 is 5.73 Å². The number of halogens is 2. The summed E-state index contributed by atoms with van der Waals surface area (Å²) in [5.41, 5.74) is 5.66. The Morgan fingerprint density at radius 2 is 2.04 bits per heavy atom. The lowest BCUT2D eigenvalue weighted by atomic mass is 9.90. The molecule has 0 saturated heterocycles. The molecule has 0 bridgehead atoms. The molecule has 0 atom stereocenters. The molecule has 2 fully saturated rings. The smallest absolute Gasteiger partial charge is 0.231 e. The number of carbonyl (C=O) groups is 2. The van der Waals surface area contributed by atoms with E-state index in [0.717, 1.165) is 25.7 Å². The van der Waals surface area contributed by atoms with Crippen LogP contribution in [0.15, 0.2) is 18.2 Å². The van der Waals surface area contributed by atoms with Crippen molar-refractivity contribution in [1.82, 2.24) is 4.90 Å². The number of hydrogen-bond acceptors (Lipinski definition) is 3. The molecule has 0 spiro atoms. The van der Waals surface area contributed by atoms with Gasteiger partial charge >= 0.3 is 0 Å². The second-order valence-electron chi connectivity index (χ2n) is 6.42. The minimum atomic E-state index is -0.417. The average Bonchev–Trinajstić information content (AvgIpc) is 3.38. The fourth-order valence-corrected chi connectivity index (χ4v) is 2.74. The van der Waals surface area contributed by atoms with Gasteiger partial charge in [0.25, 0.3) is 0 Å². The highest BCUT2D eigenvalue weighted by atomic mass is 19.1. The van der Waals surface area contributed by atoms with Crippen LogP contribution < -0.4 is 5.73 Å². The van der Waals surface area contributed by atoms with E-state index in [4.69, 9.17) is 5.73 Å². The Hall–Kier alpha value is -1.82. The number of nitrogens with zero attached hydrogens (tertiary/aromatic N) is 1. The number of rotatable bonds is 6. The van der Waals surface area contributed by atoms with E-state index < -0.39 is 12.1 Å². The molecule has 0 heterocycles. The third kappa shape index (κ3) is 4.82. The number of likely N-dealkylation sites (N-methyl/N-ethyl adjacent to an activating group) is 1. The number of nitrogens with two attached hydrogens (primary N) is 1. The SMILES string of the molecule is CN(CC(N)=O)CC1(c2c(F)cccc2C=O)CC1.FC1CC1. The van der Waals surface area contributed by atoms with Crippen molar-refractivity contribution in [2.24, 2.45) is 5.73 Å². The molecule has 126 valence electrons. The quantitative estimate of drug-likeness (QED) is 0.816. The van der Waals surface area contributed by atoms with Gasteiger partial charge in [0.05, 0.1) is 6.54 Å². The van der Waals surface area contributed by atoms with Crippen molar-refractivity contribution in [3.8, 4) is 0 Å². The first-order valence-electron chi connectivity index (χ1n) is 7.73. The number of alkyl halides is 1. The van der Waals surface area contributed by atoms with Crippen molar-refractivity contribution in [2.45, 2.75) is 37.3 Å². The molecule has 2 aliphatic rings. The van der Waals surface area contributed by atoms with Crippen LogP contribution in [0, 0.1) is 5.82 Å². The van der Waals surface area contributed by atoms with E-state index in [0.29, 0.717) is 24.0 Å². The number of amides is 1. The standard InChI is InChI=1S/C14H17FN2O2.C3H5F/c1-17(7-12(16)19)9-14(5-6-14)13-10(8-18)3-2-4-11(13)15;4-3-1-2-3/h2-4,8H,5-7,9H2,1H3,(H2,16,19);3H,1-2H2. The Bertz CT molecular complexity index is 584. The maximum Gasteiger partial charge on any atom is 0.231 e. The summed E-state index contributed by atoms with van der Waals surface area (Å²) in [4.78, 5) is 23.7. The Balaban J connectivity index is 0.000000417. The summed E-state index contributed by atoms with van der Waals surface area (Å²) in [6.07, 6.45) is 3.54. The van der Waals surface area contributed by atoms with Gasteiger partial charge in [0.2, 0.25) is 5.91 Å². The molecule has 1 aromatic carbocycles. The Kier molecular flexibility index (Phi) is 5.46. The molecule has 2 saturated carbocycles. The zero-order valence-corrected chi connectivity index (χ0v) is 13.2. The van der Waals surface area contributed by atoms with E-state index in [1.54, 1.807) is 18.0 Å². The second-order valence-corrected chi connectivity index (χ2v) is 6.42. The lowest BCUT2D eigenvalue weighted by Crippen LogP contribution is -2.36.